The summed E-state index contributed by atoms with van der Waals surface area (Å²) in [4.78, 5) is 75.9. The summed E-state index contributed by atoms with van der Waals surface area (Å²) < 4.78 is 28.5. The van der Waals surface area contributed by atoms with Gasteiger partial charge in [-0.05, 0) is 114 Å². The largest absolute Gasteiger partial charge is 0.443 e. The highest BCUT2D eigenvalue weighted by molar-refractivity contribution is 6.76. The molecule has 4 amide bonds. The number of piperidine rings is 1. The van der Waals surface area contributed by atoms with Crippen molar-refractivity contribution >= 4 is 54.5 Å². The van der Waals surface area contributed by atoms with Gasteiger partial charge in [0.2, 0.25) is 5.91 Å². The average Bonchev–Trinajstić information content (AvgIpc) is 3.91. The molecule has 2 saturated heterocycles. The molecule has 0 radical (unpaired) electrons. The number of amides is 4. The Morgan fingerprint density at radius 3 is 2.54 bits per heavy atom. The molecule has 2 aromatic heterocycles. The third kappa shape index (κ3) is 10.4. The standard InChI is InChI=1S/C48H57FN6O7Si/c1-48(2,3)62-47(60)55-40-27-42(50-28-33(40)26-41(55)38-17-12-22-52(38)4)51-44(57)35-19-18-31(25-37(35)49)13-9-8-10-14-32-15-11-16-34-36(32)29-53(45(34)58)39-20-21-43(56)54(46(39)59)30-61-23-24-63(5,6)7/h11,15-16,18-19,25-28,38-39H,8-9,12-13,17,20-24,29-30H2,1-7H3,(H,50,51,57)/t38-,39?/m1/s1. The van der Waals surface area contributed by atoms with Gasteiger partial charge in [-0.15, -0.1) is 0 Å². The van der Waals surface area contributed by atoms with Crippen LogP contribution in [0.1, 0.15) is 108 Å². The molecule has 63 heavy (non-hydrogen) atoms. The fourth-order valence-electron chi connectivity index (χ4n) is 8.36. The fraction of sp³-hybridized carbons (Fsp3) is 0.458. The van der Waals surface area contributed by atoms with E-state index in [0.717, 1.165) is 47.0 Å². The summed E-state index contributed by atoms with van der Waals surface area (Å²) in [7, 11) is 0.683. The zero-order valence-electron chi connectivity index (χ0n) is 37.3. The van der Waals surface area contributed by atoms with E-state index < -0.39 is 43.4 Å². The number of hydrogen-bond donors (Lipinski definition) is 1. The maximum atomic E-state index is 15.4. The number of pyridine rings is 1. The number of imide groups is 1. The Balaban J connectivity index is 0.955. The van der Waals surface area contributed by atoms with Gasteiger partial charge < -0.3 is 19.7 Å². The van der Waals surface area contributed by atoms with Crippen molar-refractivity contribution in [3.05, 3.63) is 94.1 Å². The van der Waals surface area contributed by atoms with Gasteiger partial charge in [0.1, 0.15) is 30.0 Å². The van der Waals surface area contributed by atoms with Crippen molar-refractivity contribution in [3.63, 3.8) is 0 Å². The van der Waals surface area contributed by atoms with E-state index in [-0.39, 0.29) is 55.4 Å². The van der Waals surface area contributed by atoms with Crippen molar-refractivity contribution in [2.75, 3.05) is 32.2 Å². The van der Waals surface area contributed by atoms with Crippen LogP contribution in [0.25, 0.3) is 10.9 Å². The first-order chi connectivity index (χ1) is 29.9. The lowest BCUT2D eigenvalue weighted by atomic mass is 10.0. The number of rotatable bonds is 12. The molecule has 15 heteroatoms. The van der Waals surface area contributed by atoms with E-state index in [2.05, 4.69) is 46.7 Å². The van der Waals surface area contributed by atoms with Crippen LogP contribution < -0.4 is 5.32 Å². The van der Waals surface area contributed by atoms with Gasteiger partial charge in [0.05, 0.1) is 17.1 Å². The summed E-state index contributed by atoms with van der Waals surface area (Å²) in [5.74, 6) is 4.25. The maximum absolute atomic E-state index is 15.4. The van der Waals surface area contributed by atoms with Gasteiger partial charge in [-0.25, -0.2) is 18.7 Å². The van der Waals surface area contributed by atoms with E-state index >= 15 is 4.39 Å². The minimum atomic E-state index is -1.34. The molecule has 332 valence electrons. The van der Waals surface area contributed by atoms with Crippen LogP contribution in [-0.4, -0.2) is 101 Å². The van der Waals surface area contributed by atoms with E-state index in [9.17, 15) is 24.0 Å². The molecular formula is C48H57FN6O7Si. The SMILES string of the molecule is CN1CCC[C@@H]1c1cc2cnc(NC(=O)c3ccc(CCCC#Cc4cccc5c4CN(C4CCC(=O)N(COCC[Si](C)(C)C)C4=O)C5=O)cc3F)cc2n1C(=O)OC(C)(C)C. The zero-order chi connectivity index (χ0) is 45.2. The van der Waals surface area contributed by atoms with Gasteiger partial charge in [0.25, 0.3) is 17.7 Å². The number of likely N-dealkylation sites (tertiary alicyclic amines) is 2. The Morgan fingerprint density at radius 2 is 1.83 bits per heavy atom. The van der Waals surface area contributed by atoms with Gasteiger partial charge in [0.15, 0.2) is 0 Å². The van der Waals surface area contributed by atoms with Gasteiger partial charge in [-0.3, -0.25) is 29.0 Å². The normalized spacial score (nSPS) is 18.2. The highest BCUT2D eigenvalue weighted by atomic mass is 28.3. The van der Waals surface area contributed by atoms with Crippen molar-refractivity contribution in [2.24, 2.45) is 0 Å². The van der Waals surface area contributed by atoms with Crippen molar-refractivity contribution < 1.29 is 37.8 Å². The van der Waals surface area contributed by atoms with Crippen molar-refractivity contribution in [1.82, 2.24) is 24.3 Å². The predicted molar refractivity (Wildman–Crippen MR) is 240 cm³/mol. The number of carbonyl (C=O) groups is 5. The summed E-state index contributed by atoms with van der Waals surface area (Å²) in [5.41, 5.74) is 3.12. The number of aromatic nitrogens is 2. The Morgan fingerprint density at radius 1 is 1.03 bits per heavy atom. The smallest absolute Gasteiger partial charge is 0.419 e. The molecule has 0 saturated carbocycles. The van der Waals surface area contributed by atoms with Crippen LogP contribution in [0.3, 0.4) is 0 Å². The number of anilines is 1. The molecule has 2 aromatic carbocycles. The Labute approximate surface area is 369 Å². The number of carbonyl (C=O) groups excluding carboxylic acids is 5. The molecule has 4 aromatic rings. The van der Waals surface area contributed by atoms with Crippen LogP contribution in [0, 0.1) is 17.7 Å². The van der Waals surface area contributed by atoms with Gasteiger partial charge in [0, 0.05) is 68.5 Å². The van der Waals surface area contributed by atoms with E-state index in [1.807, 2.05) is 40.0 Å². The Bertz CT molecular complexity index is 2510. The number of aryl methyl sites for hydroxylation is 1. The lowest BCUT2D eigenvalue weighted by Gasteiger charge is -2.35. The molecule has 1 unspecified atom stereocenters. The maximum Gasteiger partial charge on any atom is 0.419 e. The van der Waals surface area contributed by atoms with E-state index in [4.69, 9.17) is 9.47 Å². The number of fused-ring (bicyclic) bond motifs is 2. The average molecular weight is 877 g/mol. The lowest BCUT2D eigenvalue weighted by Crippen LogP contribution is -2.55. The summed E-state index contributed by atoms with van der Waals surface area (Å²) in [5, 5.41) is 3.42. The lowest BCUT2D eigenvalue weighted by molar-refractivity contribution is -0.158. The van der Waals surface area contributed by atoms with Crippen molar-refractivity contribution in [2.45, 2.75) is 116 Å². The van der Waals surface area contributed by atoms with Crippen molar-refractivity contribution in [3.8, 4) is 11.8 Å². The number of ether oxygens (including phenoxy) is 2. The van der Waals surface area contributed by atoms with Crippen LogP contribution in [-0.2, 0) is 32.0 Å². The number of nitrogens with one attached hydrogen (secondary N) is 1. The molecule has 2 atom stereocenters. The van der Waals surface area contributed by atoms with Gasteiger partial charge in [-0.1, -0.05) is 43.6 Å². The molecule has 7 rings (SSSR count). The molecule has 3 aliphatic heterocycles. The highest BCUT2D eigenvalue weighted by Crippen LogP contribution is 2.36. The second-order valence-electron chi connectivity index (χ2n) is 18.9. The van der Waals surface area contributed by atoms with Crippen LogP contribution in [0.15, 0.2) is 54.7 Å². The molecule has 5 heterocycles. The quantitative estimate of drug-likeness (QED) is 0.0646. The summed E-state index contributed by atoms with van der Waals surface area (Å²) in [6.07, 6.45) is 5.02. The Kier molecular flexibility index (Phi) is 13.4. The Hall–Kier alpha value is -5.69. The molecular weight excluding hydrogens is 820 g/mol. The first kappa shape index (κ1) is 45.3. The van der Waals surface area contributed by atoms with Crippen LogP contribution in [0.2, 0.25) is 25.7 Å². The highest BCUT2D eigenvalue weighted by Gasteiger charge is 2.43. The third-order valence-electron chi connectivity index (χ3n) is 11.7. The second-order valence-corrected chi connectivity index (χ2v) is 24.5. The van der Waals surface area contributed by atoms with E-state index in [0.29, 0.717) is 48.1 Å². The molecule has 1 N–H and O–H groups in total. The minimum Gasteiger partial charge on any atom is -0.443 e. The predicted octanol–water partition coefficient (Wildman–Crippen LogP) is 8.14. The number of unbranched alkanes of at least 4 members (excludes halogenated alkanes) is 1. The molecule has 3 aliphatic rings. The number of hydrogen-bond acceptors (Lipinski definition) is 9. The fourth-order valence-corrected chi connectivity index (χ4v) is 9.11. The summed E-state index contributed by atoms with van der Waals surface area (Å²) >= 11 is 0. The molecule has 0 spiro atoms. The molecule has 0 bridgehead atoms. The summed E-state index contributed by atoms with van der Waals surface area (Å²) in [6.45, 7) is 13.6. The van der Waals surface area contributed by atoms with Crippen LogP contribution in [0.5, 0.6) is 0 Å². The number of halogens is 1. The minimum absolute atomic E-state index is 0.0178. The first-order valence-electron chi connectivity index (χ1n) is 21.8. The molecule has 0 aliphatic carbocycles. The number of nitrogens with zero attached hydrogens (tertiary/aromatic N) is 5. The third-order valence-corrected chi connectivity index (χ3v) is 13.4. The zero-order valence-corrected chi connectivity index (χ0v) is 38.3. The monoisotopic (exact) mass is 876 g/mol. The second kappa shape index (κ2) is 18.6. The first-order valence-corrected chi connectivity index (χ1v) is 25.5. The van der Waals surface area contributed by atoms with E-state index in [1.54, 1.807) is 39.9 Å². The molecule has 2 fully saturated rings. The van der Waals surface area contributed by atoms with Crippen LogP contribution >= 0.6 is 0 Å². The van der Waals surface area contributed by atoms with Crippen molar-refractivity contribution in [1.29, 1.82) is 0 Å². The summed E-state index contributed by atoms with van der Waals surface area (Å²) in [6, 6.07) is 13.6. The number of benzene rings is 2. The molecule has 13 nitrogen and oxygen atoms in total. The topological polar surface area (TPSA) is 143 Å². The van der Waals surface area contributed by atoms with Gasteiger partial charge in [-0.2, -0.15) is 0 Å². The van der Waals surface area contributed by atoms with Crippen LogP contribution in [0.4, 0.5) is 15.0 Å². The van der Waals surface area contributed by atoms with E-state index in [1.165, 1.54) is 12.1 Å². The van der Waals surface area contributed by atoms with Gasteiger partial charge >= 0.3 is 6.09 Å².